The summed E-state index contributed by atoms with van der Waals surface area (Å²) < 4.78 is 0. The standard InChI is InChI=1S/C12H17N3O/c1-9(16)5-6-15(2)12-4-3-11(14)7-10(12)8-13/h3-4,7,9,16H,5-6,14H2,1-2H3. The topological polar surface area (TPSA) is 73.3 Å². The lowest BCUT2D eigenvalue weighted by molar-refractivity contribution is 0.187. The molecule has 0 aliphatic heterocycles. The van der Waals surface area contributed by atoms with Gasteiger partial charge in [0.15, 0.2) is 0 Å². The summed E-state index contributed by atoms with van der Waals surface area (Å²) in [5.74, 6) is 0. The SMILES string of the molecule is CC(O)CCN(C)c1ccc(N)cc1C#N. The summed E-state index contributed by atoms with van der Waals surface area (Å²) >= 11 is 0. The third-order valence-corrected chi connectivity index (χ3v) is 2.43. The van der Waals surface area contributed by atoms with Gasteiger partial charge < -0.3 is 15.7 Å². The summed E-state index contributed by atoms with van der Waals surface area (Å²) in [6.07, 6.45) is 0.341. The minimum atomic E-state index is -0.332. The molecule has 1 unspecified atom stereocenters. The highest BCUT2D eigenvalue weighted by molar-refractivity contribution is 5.64. The highest BCUT2D eigenvalue weighted by atomic mass is 16.3. The first-order chi connectivity index (χ1) is 7.54. The fraction of sp³-hybridized carbons (Fsp3) is 0.417. The number of benzene rings is 1. The fourth-order valence-corrected chi connectivity index (χ4v) is 1.48. The van der Waals surface area contributed by atoms with E-state index in [1.165, 1.54) is 0 Å². The van der Waals surface area contributed by atoms with Crippen molar-refractivity contribution in [3.63, 3.8) is 0 Å². The molecule has 0 fully saturated rings. The van der Waals surface area contributed by atoms with Gasteiger partial charge in [0.2, 0.25) is 0 Å². The molecule has 0 saturated heterocycles. The summed E-state index contributed by atoms with van der Waals surface area (Å²) in [6.45, 7) is 2.46. The van der Waals surface area contributed by atoms with Gasteiger partial charge in [-0.25, -0.2) is 0 Å². The van der Waals surface area contributed by atoms with Crippen molar-refractivity contribution < 1.29 is 5.11 Å². The van der Waals surface area contributed by atoms with Crippen LogP contribution in [0.3, 0.4) is 0 Å². The summed E-state index contributed by atoms with van der Waals surface area (Å²) in [5.41, 5.74) is 7.61. The first kappa shape index (κ1) is 12.3. The van der Waals surface area contributed by atoms with Crippen LogP contribution in [0, 0.1) is 11.3 Å². The van der Waals surface area contributed by atoms with E-state index in [1.807, 2.05) is 18.0 Å². The third-order valence-electron chi connectivity index (χ3n) is 2.43. The predicted octanol–water partition coefficient (Wildman–Crippen LogP) is 1.35. The summed E-state index contributed by atoms with van der Waals surface area (Å²) in [4.78, 5) is 1.95. The Labute approximate surface area is 95.9 Å². The van der Waals surface area contributed by atoms with Crippen LogP contribution in [-0.2, 0) is 0 Å². The molecular formula is C12H17N3O. The fourth-order valence-electron chi connectivity index (χ4n) is 1.48. The van der Waals surface area contributed by atoms with E-state index in [4.69, 9.17) is 11.0 Å². The number of aliphatic hydroxyl groups excluding tert-OH is 1. The van der Waals surface area contributed by atoms with Crippen molar-refractivity contribution in [2.45, 2.75) is 19.4 Å². The van der Waals surface area contributed by atoms with Crippen molar-refractivity contribution in [3.05, 3.63) is 23.8 Å². The van der Waals surface area contributed by atoms with Crippen LogP contribution in [0.1, 0.15) is 18.9 Å². The summed E-state index contributed by atoms with van der Waals surface area (Å²) in [6, 6.07) is 7.38. The van der Waals surface area contributed by atoms with E-state index >= 15 is 0 Å². The number of rotatable bonds is 4. The highest BCUT2D eigenvalue weighted by Crippen LogP contribution is 2.21. The number of nitrogens with zero attached hydrogens (tertiary/aromatic N) is 2. The summed E-state index contributed by atoms with van der Waals surface area (Å²) in [5, 5.41) is 18.2. The van der Waals surface area contributed by atoms with Gasteiger partial charge in [-0.3, -0.25) is 0 Å². The van der Waals surface area contributed by atoms with Gasteiger partial charge in [0.25, 0.3) is 0 Å². The molecule has 3 N–H and O–H groups in total. The number of nitrogen functional groups attached to an aromatic ring is 1. The van der Waals surface area contributed by atoms with E-state index in [2.05, 4.69) is 6.07 Å². The van der Waals surface area contributed by atoms with Crippen LogP contribution in [0.25, 0.3) is 0 Å². The maximum Gasteiger partial charge on any atom is 0.101 e. The van der Waals surface area contributed by atoms with E-state index in [0.717, 1.165) is 5.69 Å². The second kappa shape index (κ2) is 5.38. The Morgan fingerprint density at radius 2 is 2.25 bits per heavy atom. The number of aliphatic hydroxyl groups is 1. The van der Waals surface area contributed by atoms with Crippen LogP contribution in [0.5, 0.6) is 0 Å². The van der Waals surface area contributed by atoms with Gasteiger partial charge in [-0.1, -0.05) is 0 Å². The molecular weight excluding hydrogens is 202 g/mol. The second-order valence-electron chi connectivity index (χ2n) is 3.95. The molecule has 0 saturated carbocycles. The molecule has 1 atom stereocenters. The average Bonchev–Trinajstić information content (AvgIpc) is 2.25. The first-order valence-corrected chi connectivity index (χ1v) is 5.23. The van der Waals surface area contributed by atoms with E-state index in [0.29, 0.717) is 24.2 Å². The van der Waals surface area contributed by atoms with Crippen molar-refractivity contribution in [3.8, 4) is 6.07 Å². The zero-order valence-electron chi connectivity index (χ0n) is 9.64. The van der Waals surface area contributed by atoms with E-state index < -0.39 is 0 Å². The largest absolute Gasteiger partial charge is 0.399 e. The molecule has 0 aromatic heterocycles. The third kappa shape index (κ3) is 3.14. The van der Waals surface area contributed by atoms with Gasteiger partial charge in [0.05, 0.1) is 17.4 Å². The van der Waals surface area contributed by atoms with Gasteiger partial charge in [-0.2, -0.15) is 5.26 Å². The average molecular weight is 219 g/mol. The van der Waals surface area contributed by atoms with Crippen molar-refractivity contribution >= 4 is 11.4 Å². The molecule has 0 spiro atoms. The summed E-state index contributed by atoms with van der Waals surface area (Å²) in [7, 11) is 1.90. The predicted molar refractivity (Wildman–Crippen MR) is 65.1 cm³/mol. The minimum absolute atomic E-state index is 0.332. The monoisotopic (exact) mass is 219 g/mol. The van der Waals surface area contributed by atoms with Gasteiger partial charge in [0.1, 0.15) is 6.07 Å². The Hall–Kier alpha value is -1.73. The lowest BCUT2D eigenvalue weighted by Gasteiger charge is -2.21. The Kier molecular flexibility index (Phi) is 4.15. The lowest BCUT2D eigenvalue weighted by atomic mass is 10.1. The molecule has 4 heteroatoms. The van der Waals surface area contributed by atoms with Gasteiger partial charge in [0, 0.05) is 19.3 Å². The smallest absolute Gasteiger partial charge is 0.101 e. The van der Waals surface area contributed by atoms with Crippen molar-refractivity contribution in [1.29, 1.82) is 5.26 Å². The van der Waals surface area contributed by atoms with Crippen molar-refractivity contribution in [2.24, 2.45) is 0 Å². The van der Waals surface area contributed by atoms with Gasteiger partial charge in [-0.15, -0.1) is 0 Å². The normalized spacial score (nSPS) is 11.9. The molecule has 0 aliphatic carbocycles. The zero-order chi connectivity index (χ0) is 12.1. The molecule has 0 heterocycles. The quantitative estimate of drug-likeness (QED) is 0.750. The Morgan fingerprint density at radius 1 is 1.56 bits per heavy atom. The molecule has 1 aromatic rings. The number of nitrogens with two attached hydrogens (primary N) is 1. The molecule has 4 nitrogen and oxygen atoms in total. The van der Waals surface area contributed by atoms with E-state index in [1.54, 1.807) is 19.1 Å². The van der Waals surface area contributed by atoms with Crippen LogP contribution >= 0.6 is 0 Å². The molecule has 16 heavy (non-hydrogen) atoms. The van der Waals surface area contributed by atoms with Crippen LogP contribution in [-0.4, -0.2) is 24.8 Å². The molecule has 0 amide bonds. The second-order valence-corrected chi connectivity index (χ2v) is 3.95. The molecule has 0 bridgehead atoms. The Balaban J connectivity index is 2.83. The highest BCUT2D eigenvalue weighted by Gasteiger charge is 2.08. The Bertz CT molecular complexity index is 396. The van der Waals surface area contributed by atoms with E-state index in [9.17, 15) is 5.11 Å². The first-order valence-electron chi connectivity index (χ1n) is 5.23. The van der Waals surface area contributed by atoms with E-state index in [-0.39, 0.29) is 6.10 Å². The Morgan fingerprint density at radius 3 is 2.81 bits per heavy atom. The number of anilines is 2. The van der Waals surface area contributed by atoms with Crippen LogP contribution in [0.15, 0.2) is 18.2 Å². The maximum atomic E-state index is 9.21. The van der Waals surface area contributed by atoms with Crippen molar-refractivity contribution in [2.75, 3.05) is 24.2 Å². The number of nitriles is 1. The zero-order valence-corrected chi connectivity index (χ0v) is 9.64. The molecule has 1 rings (SSSR count). The maximum absolute atomic E-state index is 9.21. The molecule has 1 aromatic carbocycles. The van der Waals surface area contributed by atoms with Gasteiger partial charge in [-0.05, 0) is 31.5 Å². The van der Waals surface area contributed by atoms with Gasteiger partial charge >= 0.3 is 0 Å². The lowest BCUT2D eigenvalue weighted by Crippen LogP contribution is -2.22. The van der Waals surface area contributed by atoms with Crippen LogP contribution < -0.4 is 10.6 Å². The molecule has 0 aliphatic rings. The van der Waals surface area contributed by atoms with Crippen LogP contribution in [0.2, 0.25) is 0 Å². The number of hydrogen-bond acceptors (Lipinski definition) is 4. The van der Waals surface area contributed by atoms with Crippen molar-refractivity contribution in [1.82, 2.24) is 0 Å². The molecule has 86 valence electrons. The number of hydrogen-bond donors (Lipinski definition) is 2. The van der Waals surface area contributed by atoms with Crippen LogP contribution in [0.4, 0.5) is 11.4 Å². The minimum Gasteiger partial charge on any atom is -0.399 e. The molecule has 0 radical (unpaired) electrons.